The molecule has 0 spiro atoms. The van der Waals surface area contributed by atoms with Gasteiger partial charge < -0.3 is 20.5 Å². The quantitative estimate of drug-likeness (QED) is 0.683. The summed E-state index contributed by atoms with van der Waals surface area (Å²) in [6.45, 7) is 5.86. The zero-order valence-electron chi connectivity index (χ0n) is 13.6. The van der Waals surface area contributed by atoms with Gasteiger partial charge in [0, 0.05) is 12.1 Å². The molecule has 0 fully saturated rings. The lowest BCUT2D eigenvalue weighted by Crippen LogP contribution is -2.31. The second kappa shape index (κ2) is 11.2. The predicted molar refractivity (Wildman–Crippen MR) is 91.2 cm³/mol. The van der Waals surface area contributed by atoms with Crippen molar-refractivity contribution in [3.05, 3.63) is 23.8 Å². The summed E-state index contributed by atoms with van der Waals surface area (Å²) in [4.78, 5) is 12.1. The fourth-order valence-corrected chi connectivity index (χ4v) is 1.71. The largest absolute Gasteiger partial charge is 0.493 e. The molecule has 0 radical (unpaired) electrons. The molecule has 1 amide bonds. The van der Waals surface area contributed by atoms with E-state index in [0.717, 1.165) is 12.8 Å². The van der Waals surface area contributed by atoms with Gasteiger partial charge >= 0.3 is 0 Å². The number of halogens is 1. The normalized spacial score (nSPS) is 11.3. The molecule has 0 aliphatic carbocycles. The number of amides is 1. The van der Waals surface area contributed by atoms with Crippen molar-refractivity contribution in [3.8, 4) is 11.5 Å². The predicted octanol–water partition coefficient (Wildman–Crippen LogP) is 2.62. The molecule has 1 aromatic carbocycles. The third-order valence-corrected chi connectivity index (χ3v) is 3.19. The fourth-order valence-electron chi connectivity index (χ4n) is 1.71. The average molecular weight is 331 g/mol. The maximum absolute atomic E-state index is 12.1. The number of hydrogen-bond acceptors (Lipinski definition) is 4. The molecular formula is C16H27ClN2O3. The van der Waals surface area contributed by atoms with Crippen LogP contribution in [0.1, 0.15) is 37.0 Å². The van der Waals surface area contributed by atoms with Crippen LogP contribution >= 0.6 is 12.4 Å². The molecule has 6 heteroatoms. The average Bonchev–Trinajstić information content (AvgIpc) is 2.52. The number of rotatable bonds is 9. The minimum atomic E-state index is -0.131. The van der Waals surface area contributed by atoms with Gasteiger partial charge in [-0.3, -0.25) is 4.79 Å². The van der Waals surface area contributed by atoms with Crippen LogP contribution in [0.25, 0.3) is 0 Å². The van der Waals surface area contributed by atoms with Crippen molar-refractivity contribution in [3.63, 3.8) is 0 Å². The molecule has 126 valence electrons. The summed E-state index contributed by atoms with van der Waals surface area (Å²) in [5, 5.41) is 2.86. The van der Waals surface area contributed by atoms with Gasteiger partial charge in [-0.25, -0.2) is 0 Å². The Morgan fingerprint density at radius 3 is 2.68 bits per heavy atom. The molecule has 1 unspecified atom stereocenters. The molecule has 0 saturated carbocycles. The van der Waals surface area contributed by atoms with Crippen molar-refractivity contribution in [1.29, 1.82) is 0 Å². The first-order valence-electron chi connectivity index (χ1n) is 7.41. The number of carbonyl (C=O) groups excluding carboxylic acids is 1. The Bertz CT molecular complexity index is 455. The highest BCUT2D eigenvalue weighted by Crippen LogP contribution is 2.28. The van der Waals surface area contributed by atoms with Crippen LogP contribution in [0.5, 0.6) is 11.5 Å². The number of unbranched alkanes of at least 4 members (excludes halogenated alkanes) is 1. The van der Waals surface area contributed by atoms with Gasteiger partial charge in [0.05, 0.1) is 13.7 Å². The lowest BCUT2D eigenvalue weighted by Gasteiger charge is -2.13. The first-order valence-corrected chi connectivity index (χ1v) is 7.41. The van der Waals surface area contributed by atoms with Crippen molar-refractivity contribution < 1.29 is 14.3 Å². The van der Waals surface area contributed by atoms with Gasteiger partial charge in [0.2, 0.25) is 0 Å². The van der Waals surface area contributed by atoms with Crippen LogP contribution in [0, 0.1) is 5.92 Å². The lowest BCUT2D eigenvalue weighted by atomic mass is 10.1. The molecule has 3 N–H and O–H groups in total. The molecule has 0 aromatic heterocycles. The number of nitrogens with two attached hydrogens (primary N) is 1. The van der Waals surface area contributed by atoms with Crippen molar-refractivity contribution in [2.45, 2.75) is 26.7 Å². The minimum Gasteiger partial charge on any atom is -0.493 e. The number of ether oxygens (including phenoxy) is 2. The number of hydrogen-bond donors (Lipinski definition) is 2. The topological polar surface area (TPSA) is 73.6 Å². The highest BCUT2D eigenvalue weighted by molar-refractivity contribution is 5.94. The van der Waals surface area contributed by atoms with Gasteiger partial charge in [-0.1, -0.05) is 20.3 Å². The van der Waals surface area contributed by atoms with E-state index in [1.165, 1.54) is 0 Å². The van der Waals surface area contributed by atoms with E-state index in [0.29, 0.717) is 36.8 Å². The summed E-state index contributed by atoms with van der Waals surface area (Å²) < 4.78 is 10.9. The Hall–Kier alpha value is -1.46. The Kier molecular flexibility index (Phi) is 10.4. The summed E-state index contributed by atoms with van der Waals surface area (Å²) in [5.41, 5.74) is 6.09. The molecule has 22 heavy (non-hydrogen) atoms. The zero-order chi connectivity index (χ0) is 15.7. The van der Waals surface area contributed by atoms with Crippen LogP contribution in [-0.4, -0.2) is 32.7 Å². The van der Waals surface area contributed by atoms with Crippen molar-refractivity contribution in [2.75, 3.05) is 26.8 Å². The third kappa shape index (κ3) is 6.54. The molecule has 0 saturated heterocycles. The molecular weight excluding hydrogens is 304 g/mol. The van der Waals surface area contributed by atoms with Crippen LogP contribution < -0.4 is 20.5 Å². The van der Waals surface area contributed by atoms with Gasteiger partial charge in [-0.05, 0) is 37.1 Å². The molecule has 1 atom stereocenters. The van der Waals surface area contributed by atoms with Gasteiger partial charge in [0.1, 0.15) is 0 Å². The van der Waals surface area contributed by atoms with E-state index in [2.05, 4.69) is 12.2 Å². The van der Waals surface area contributed by atoms with E-state index in [-0.39, 0.29) is 24.2 Å². The molecule has 1 rings (SSSR count). The first kappa shape index (κ1) is 20.5. The van der Waals surface area contributed by atoms with Crippen LogP contribution in [0.15, 0.2) is 18.2 Å². The smallest absolute Gasteiger partial charge is 0.251 e. The van der Waals surface area contributed by atoms with Crippen LogP contribution in [0.4, 0.5) is 0 Å². The van der Waals surface area contributed by atoms with E-state index < -0.39 is 0 Å². The van der Waals surface area contributed by atoms with E-state index in [1.807, 2.05) is 6.92 Å². The standard InChI is InChI=1S/C16H26N2O3.ClH/c1-4-5-8-21-14-7-6-13(9-15(14)20-3)16(19)18-11-12(2)10-17;/h6-7,9,12H,4-5,8,10-11,17H2,1-3H3,(H,18,19);1H. The third-order valence-electron chi connectivity index (χ3n) is 3.19. The van der Waals surface area contributed by atoms with E-state index in [1.54, 1.807) is 25.3 Å². The number of benzene rings is 1. The van der Waals surface area contributed by atoms with Gasteiger partial charge in [0.25, 0.3) is 5.91 Å². The summed E-state index contributed by atoms with van der Waals surface area (Å²) >= 11 is 0. The van der Waals surface area contributed by atoms with Gasteiger partial charge in [-0.15, -0.1) is 12.4 Å². The Balaban J connectivity index is 0.00000441. The van der Waals surface area contributed by atoms with E-state index in [9.17, 15) is 4.79 Å². The molecule has 1 aromatic rings. The Morgan fingerprint density at radius 1 is 1.36 bits per heavy atom. The summed E-state index contributed by atoms with van der Waals surface area (Å²) in [5.74, 6) is 1.37. The monoisotopic (exact) mass is 330 g/mol. The van der Waals surface area contributed by atoms with Crippen LogP contribution in [0.2, 0.25) is 0 Å². The fraction of sp³-hybridized carbons (Fsp3) is 0.562. The lowest BCUT2D eigenvalue weighted by molar-refractivity contribution is 0.0948. The summed E-state index contributed by atoms with van der Waals surface area (Å²) in [6.07, 6.45) is 2.06. The summed E-state index contributed by atoms with van der Waals surface area (Å²) in [6, 6.07) is 5.21. The van der Waals surface area contributed by atoms with E-state index >= 15 is 0 Å². The molecule has 5 nitrogen and oxygen atoms in total. The summed E-state index contributed by atoms with van der Waals surface area (Å²) in [7, 11) is 1.57. The molecule has 0 aliphatic heterocycles. The SMILES string of the molecule is CCCCOc1ccc(C(=O)NCC(C)CN)cc1OC.Cl. The van der Waals surface area contributed by atoms with Crippen molar-refractivity contribution in [2.24, 2.45) is 11.7 Å². The highest BCUT2D eigenvalue weighted by Gasteiger charge is 2.11. The second-order valence-electron chi connectivity index (χ2n) is 5.12. The maximum atomic E-state index is 12.1. The highest BCUT2D eigenvalue weighted by atomic mass is 35.5. The van der Waals surface area contributed by atoms with Crippen molar-refractivity contribution >= 4 is 18.3 Å². The number of methoxy groups -OCH3 is 1. The first-order chi connectivity index (χ1) is 10.1. The van der Waals surface area contributed by atoms with Crippen LogP contribution in [-0.2, 0) is 0 Å². The maximum Gasteiger partial charge on any atom is 0.251 e. The van der Waals surface area contributed by atoms with E-state index in [4.69, 9.17) is 15.2 Å². The molecule has 0 bridgehead atoms. The minimum absolute atomic E-state index is 0. The number of nitrogens with one attached hydrogen (secondary N) is 1. The Morgan fingerprint density at radius 2 is 2.09 bits per heavy atom. The van der Waals surface area contributed by atoms with Gasteiger partial charge in [0.15, 0.2) is 11.5 Å². The van der Waals surface area contributed by atoms with Gasteiger partial charge in [-0.2, -0.15) is 0 Å². The Labute approximate surface area is 139 Å². The molecule has 0 aliphatic rings. The second-order valence-corrected chi connectivity index (χ2v) is 5.12. The molecule has 0 heterocycles. The zero-order valence-corrected chi connectivity index (χ0v) is 14.4. The van der Waals surface area contributed by atoms with Crippen LogP contribution in [0.3, 0.4) is 0 Å². The number of carbonyl (C=O) groups is 1. The van der Waals surface area contributed by atoms with Crippen molar-refractivity contribution in [1.82, 2.24) is 5.32 Å².